The number of H-pyrrole nitrogens is 1. The molecular formula is C33H27ClN2O9. The van der Waals surface area contributed by atoms with E-state index in [0.717, 1.165) is 39.3 Å². The van der Waals surface area contributed by atoms with E-state index in [4.69, 9.17) is 45.1 Å². The molecule has 2 aromatic heterocycles. The highest BCUT2D eigenvalue weighted by molar-refractivity contribution is 6.34. The molecular weight excluding hydrogens is 604 g/mol. The van der Waals surface area contributed by atoms with Crippen LogP contribution < -0.4 is 34.0 Å². The Morgan fingerprint density at radius 1 is 0.711 bits per heavy atom. The maximum Gasteiger partial charge on any atom is 0.328 e. The van der Waals surface area contributed by atoms with Gasteiger partial charge in [0.2, 0.25) is 0 Å². The standard InChI is InChI=1S/C11H8ClNO2.C11H9NO3.C11H10O4/c12-11-8-1-2-9-10(15-6-5-14-9)7(8)3-4-13-11;13-11-8-1-2-9-10(15-6-5-14-9)7(8)3-4-12-11;12-10(13)5-4-8-2-1-3-9-11(8)15-7-6-14-9/h1-4H,5-6H2;1-4H,5-6H2,(H,12,13);1-5H,6-7H2,(H,12,13)/b;;5-4+. The summed E-state index contributed by atoms with van der Waals surface area (Å²) in [6.07, 6.45) is 5.86. The molecule has 0 spiro atoms. The predicted octanol–water partition coefficient (Wildman–Crippen LogP) is 5.51. The Hall–Kier alpha value is -5.42. The van der Waals surface area contributed by atoms with Crippen LogP contribution in [-0.2, 0) is 4.79 Å². The Bertz CT molecular complexity index is 1960. The summed E-state index contributed by atoms with van der Waals surface area (Å²) in [7, 11) is 0. The Labute approximate surface area is 261 Å². The molecule has 8 rings (SSSR count). The highest BCUT2D eigenvalue weighted by atomic mass is 35.5. The monoisotopic (exact) mass is 630 g/mol. The van der Waals surface area contributed by atoms with Crippen molar-refractivity contribution in [1.29, 1.82) is 0 Å². The van der Waals surface area contributed by atoms with Crippen molar-refractivity contribution in [2.75, 3.05) is 39.6 Å². The molecule has 5 aromatic rings. The zero-order valence-corrected chi connectivity index (χ0v) is 24.5. The Morgan fingerprint density at radius 3 is 1.96 bits per heavy atom. The Morgan fingerprint density at radius 2 is 1.29 bits per heavy atom. The number of carbonyl (C=O) groups is 1. The number of halogens is 1. The number of aromatic amines is 1. The molecule has 0 radical (unpaired) electrons. The van der Waals surface area contributed by atoms with Crippen LogP contribution in [0.4, 0.5) is 0 Å². The number of rotatable bonds is 2. The minimum absolute atomic E-state index is 0.107. The first kappa shape index (κ1) is 29.6. The second kappa shape index (κ2) is 13.5. The quantitative estimate of drug-likeness (QED) is 0.189. The average Bonchev–Trinajstić information content (AvgIpc) is 3.08. The molecule has 0 amide bonds. The van der Waals surface area contributed by atoms with Gasteiger partial charge in [-0.25, -0.2) is 9.78 Å². The van der Waals surface area contributed by atoms with E-state index in [1.54, 1.807) is 42.7 Å². The van der Waals surface area contributed by atoms with Gasteiger partial charge in [-0.1, -0.05) is 23.7 Å². The van der Waals surface area contributed by atoms with Crippen LogP contribution >= 0.6 is 11.6 Å². The molecule has 3 aliphatic rings. The minimum atomic E-state index is -0.982. The number of hydrogen-bond acceptors (Lipinski definition) is 9. The molecule has 0 saturated heterocycles. The minimum Gasteiger partial charge on any atom is -0.486 e. The maximum absolute atomic E-state index is 11.5. The zero-order valence-electron chi connectivity index (χ0n) is 23.8. The normalized spacial score (nSPS) is 14.2. The number of nitrogens with zero attached hydrogens (tertiary/aromatic N) is 1. The smallest absolute Gasteiger partial charge is 0.328 e. The van der Waals surface area contributed by atoms with Crippen molar-refractivity contribution in [1.82, 2.24) is 9.97 Å². The fourth-order valence-electron chi connectivity index (χ4n) is 4.90. The summed E-state index contributed by atoms with van der Waals surface area (Å²) in [5, 5.41) is 12.3. The van der Waals surface area contributed by atoms with Crippen molar-refractivity contribution in [3.8, 4) is 34.5 Å². The highest BCUT2D eigenvalue weighted by Crippen LogP contribution is 2.39. The molecule has 2 N–H and O–H groups in total. The third-order valence-corrected chi connectivity index (χ3v) is 7.16. The summed E-state index contributed by atoms with van der Waals surface area (Å²) in [4.78, 5) is 28.5. The van der Waals surface area contributed by atoms with Gasteiger partial charge in [0, 0.05) is 40.2 Å². The van der Waals surface area contributed by atoms with E-state index in [1.165, 1.54) is 6.08 Å². The second-order valence-corrected chi connectivity index (χ2v) is 10.0. The van der Waals surface area contributed by atoms with Crippen LogP contribution in [0.1, 0.15) is 5.56 Å². The highest BCUT2D eigenvalue weighted by Gasteiger charge is 2.17. The molecule has 5 heterocycles. The maximum atomic E-state index is 11.5. The first-order valence-electron chi connectivity index (χ1n) is 14.0. The van der Waals surface area contributed by atoms with Gasteiger partial charge in [0.05, 0.1) is 5.39 Å². The number of benzene rings is 3. The van der Waals surface area contributed by atoms with Crippen LogP contribution in [0.3, 0.4) is 0 Å². The number of nitrogens with one attached hydrogen (secondary N) is 1. The molecule has 3 aromatic carbocycles. The number of aromatic nitrogens is 2. The van der Waals surface area contributed by atoms with Crippen LogP contribution in [0.25, 0.3) is 27.6 Å². The SMILES string of the molecule is Clc1nccc2c3c(ccc12)OCCO3.O=C(O)/C=C/c1cccc2c1OCCO2.O=c1[nH]ccc2c3c(ccc12)OCCO3. The Balaban J connectivity index is 0.000000119. The van der Waals surface area contributed by atoms with Crippen LogP contribution in [0.2, 0.25) is 5.15 Å². The van der Waals surface area contributed by atoms with Crippen molar-refractivity contribution < 1.29 is 38.3 Å². The number of carboxylic acids is 1. The number of para-hydroxylation sites is 1. The summed E-state index contributed by atoms with van der Waals surface area (Å²) in [6, 6.07) is 16.4. The zero-order chi connectivity index (χ0) is 31.2. The van der Waals surface area contributed by atoms with E-state index < -0.39 is 5.97 Å². The number of hydrogen-bond donors (Lipinski definition) is 2. The van der Waals surface area contributed by atoms with Crippen LogP contribution in [0, 0.1) is 0 Å². The van der Waals surface area contributed by atoms with E-state index in [0.29, 0.717) is 73.2 Å². The Kier molecular flexibility index (Phi) is 8.88. The molecule has 0 aliphatic carbocycles. The molecule has 0 fully saturated rings. The van der Waals surface area contributed by atoms with Gasteiger partial charge in [-0.15, -0.1) is 0 Å². The summed E-state index contributed by atoms with van der Waals surface area (Å²) >= 11 is 5.99. The summed E-state index contributed by atoms with van der Waals surface area (Å²) in [5.74, 6) is 3.21. The second-order valence-electron chi connectivity index (χ2n) is 9.69. The van der Waals surface area contributed by atoms with Crippen molar-refractivity contribution in [3.63, 3.8) is 0 Å². The van der Waals surface area contributed by atoms with Gasteiger partial charge in [-0.2, -0.15) is 0 Å². The van der Waals surface area contributed by atoms with Crippen molar-refractivity contribution in [2.24, 2.45) is 0 Å². The van der Waals surface area contributed by atoms with Crippen LogP contribution in [-0.4, -0.2) is 60.7 Å². The van der Waals surface area contributed by atoms with Gasteiger partial charge in [0.1, 0.15) is 44.8 Å². The first-order valence-corrected chi connectivity index (χ1v) is 14.4. The number of ether oxygens (including phenoxy) is 6. The largest absolute Gasteiger partial charge is 0.486 e. The van der Waals surface area contributed by atoms with Gasteiger partial charge in [0.25, 0.3) is 5.56 Å². The molecule has 3 aliphatic heterocycles. The van der Waals surface area contributed by atoms with E-state index in [9.17, 15) is 9.59 Å². The average molecular weight is 631 g/mol. The lowest BCUT2D eigenvalue weighted by molar-refractivity contribution is -0.131. The van der Waals surface area contributed by atoms with Gasteiger partial charge < -0.3 is 38.5 Å². The van der Waals surface area contributed by atoms with Gasteiger partial charge in [0.15, 0.2) is 34.5 Å². The molecule has 0 saturated carbocycles. The van der Waals surface area contributed by atoms with E-state index in [-0.39, 0.29) is 5.56 Å². The number of fused-ring (bicyclic) bond motifs is 7. The van der Waals surface area contributed by atoms with E-state index in [1.807, 2.05) is 24.3 Å². The molecule has 12 heteroatoms. The van der Waals surface area contributed by atoms with Gasteiger partial charge >= 0.3 is 5.97 Å². The topological polar surface area (TPSA) is 138 Å². The summed E-state index contributed by atoms with van der Waals surface area (Å²) in [6.45, 7) is 3.27. The lowest BCUT2D eigenvalue weighted by Gasteiger charge is -2.19. The van der Waals surface area contributed by atoms with Crippen molar-refractivity contribution >= 4 is 45.2 Å². The molecule has 0 unspecified atom stereocenters. The number of aliphatic carboxylic acids is 1. The van der Waals surface area contributed by atoms with Crippen LogP contribution in [0.15, 0.2) is 77.9 Å². The number of pyridine rings is 2. The number of carboxylic acid groups (broad SMARTS) is 1. The van der Waals surface area contributed by atoms with Gasteiger partial charge in [-0.05, 0) is 48.5 Å². The predicted molar refractivity (Wildman–Crippen MR) is 167 cm³/mol. The summed E-state index contributed by atoms with van der Waals surface area (Å²) < 4.78 is 32.8. The van der Waals surface area contributed by atoms with E-state index >= 15 is 0 Å². The molecule has 45 heavy (non-hydrogen) atoms. The third kappa shape index (κ3) is 6.58. The van der Waals surface area contributed by atoms with Gasteiger partial charge in [-0.3, -0.25) is 4.79 Å². The van der Waals surface area contributed by atoms with Crippen molar-refractivity contribution in [2.45, 2.75) is 0 Å². The van der Waals surface area contributed by atoms with Crippen LogP contribution in [0.5, 0.6) is 34.5 Å². The molecule has 0 atom stereocenters. The first-order chi connectivity index (χ1) is 22.0. The third-order valence-electron chi connectivity index (χ3n) is 6.86. The lowest BCUT2D eigenvalue weighted by Crippen LogP contribution is -2.16. The fraction of sp³-hybridized carbons (Fsp3) is 0.182. The summed E-state index contributed by atoms with van der Waals surface area (Å²) in [5.41, 5.74) is 0.610. The van der Waals surface area contributed by atoms with Crippen molar-refractivity contribution in [3.05, 3.63) is 94.1 Å². The van der Waals surface area contributed by atoms with E-state index in [2.05, 4.69) is 9.97 Å². The molecule has 11 nitrogen and oxygen atoms in total. The molecule has 0 bridgehead atoms. The fourth-order valence-corrected chi connectivity index (χ4v) is 5.12. The molecule has 230 valence electrons. The lowest BCUT2D eigenvalue weighted by atomic mass is 10.1.